The fourth-order valence-electron chi connectivity index (χ4n) is 1.64. The third-order valence-corrected chi connectivity index (χ3v) is 2.50. The first-order valence-electron chi connectivity index (χ1n) is 5.61. The maximum absolute atomic E-state index is 11.1. The van der Waals surface area contributed by atoms with Crippen molar-refractivity contribution in [2.24, 2.45) is 0 Å². The van der Waals surface area contributed by atoms with Crippen LogP contribution in [-0.2, 0) is 0 Å². The van der Waals surface area contributed by atoms with Crippen LogP contribution in [0.3, 0.4) is 0 Å². The van der Waals surface area contributed by atoms with Gasteiger partial charge in [-0.05, 0) is 13.0 Å². The molecule has 1 aromatic carbocycles. The van der Waals surface area contributed by atoms with E-state index in [4.69, 9.17) is 15.2 Å². The Bertz CT molecular complexity index is 660. The molecule has 0 fully saturated rings. The monoisotopic (exact) mass is 276 g/mol. The number of aryl methyl sites for hydroxylation is 1. The second-order valence-corrected chi connectivity index (χ2v) is 3.89. The van der Waals surface area contributed by atoms with Crippen molar-refractivity contribution in [2.75, 3.05) is 12.8 Å². The summed E-state index contributed by atoms with van der Waals surface area (Å²) < 4.78 is 10.4. The lowest BCUT2D eigenvalue weighted by atomic mass is 10.2. The van der Waals surface area contributed by atoms with Crippen molar-refractivity contribution in [2.45, 2.75) is 6.92 Å². The Labute approximate surface area is 114 Å². The molecule has 1 heterocycles. The molecular weight excluding hydrogens is 264 g/mol. The van der Waals surface area contributed by atoms with E-state index in [1.807, 2.05) is 0 Å². The van der Waals surface area contributed by atoms with Crippen LogP contribution < -0.4 is 15.2 Å². The minimum Gasteiger partial charge on any atom is -0.481 e. The molecule has 2 N–H and O–H groups in total. The Morgan fingerprint density at radius 1 is 1.30 bits per heavy atom. The Morgan fingerprint density at radius 3 is 2.65 bits per heavy atom. The number of nitrogens with zero attached hydrogens (tertiary/aromatic N) is 3. The molecular formula is C12H12N4O4. The Morgan fingerprint density at radius 2 is 2.00 bits per heavy atom. The summed E-state index contributed by atoms with van der Waals surface area (Å²) in [4.78, 5) is 18.2. The average molecular weight is 276 g/mol. The van der Waals surface area contributed by atoms with Gasteiger partial charge >= 0.3 is 5.69 Å². The molecule has 0 saturated carbocycles. The molecule has 0 amide bonds. The molecule has 0 radical (unpaired) electrons. The number of para-hydroxylation sites is 1. The normalized spacial score (nSPS) is 10.1. The van der Waals surface area contributed by atoms with Gasteiger partial charge in [0.15, 0.2) is 0 Å². The van der Waals surface area contributed by atoms with Gasteiger partial charge < -0.3 is 15.2 Å². The van der Waals surface area contributed by atoms with Crippen molar-refractivity contribution in [3.05, 3.63) is 39.9 Å². The van der Waals surface area contributed by atoms with Crippen LogP contribution in [-0.4, -0.2) is 22.0 Å². The van der Waals surface area contributed by atoms with E-state index in [1.54, 1.807) is 19.1 Å². The number of benzene rings is 1. The maximum Gasteiger partial charge on any atom is 0.314 e. The predicted octanol–water partition coefficient (Wildman–Crippen LogP) is 2.08. The van der Waals surface area contributed by atoms with Crippen molar-refractivity contribution in [1.29, 1.82) is 0 Å². The molecule has 0 aliphatic rings. The standard InChI is InChI=1S/C12H12N4O4/c1-7-4-3-5-8(11(7)16(17)18)20-10-6-9(19-2)14-12(13)15-10/h3-6H,1-2H3,(H2,13,14,15). The van der Waals surface area contributed by atoms with Gasteiger partial charge in [-0.25, -0.2) is 0 Å². The molecule has 0 aliphatic heterocycles. The van der Waals surface area contributed by atoms with Gasteiger partial charge in [0.2, 0.25) is 23.5 Å². The summed E-state index contributed by atoms with van der Waals surface area (Å²) >= 11 is 0. The zero-order valence-corrected chi connectivity index (χ0v) is 10.9. The first-order chi connectivity index (χ1) is 9.51. The van der Waals surface area contributed by atoms with E-state index >= 15 is 0 Å². The number of anilines is 1. The van der Waals surface area contributed by atoms with E-state index in [-0.39, 0.29) is 29.1 Å². The second kappa shape index (κ2) is 5.39. The van der Waals surface area contributed by atoms with Crippen molar-refractivity contribution in [1.82, 2.24) is 9.97 Å². The third kappa shape index (κ3) is 2.74. The van der Waals surface area contributed by atoms with E-state index in [2.05, 4.69) is 9.97 Å². The van der Waals surface area contributed by atoms with Crippen molar-refractivity contribution < 1.29 is 14.4 Å². The number of aromatic nitrogens is 2. The van der Waals surface area contributed by atoms with Crippen LogP contribution in [0, 0.1) is 17.0 Å². The topological polar surface area (TPSA) is 113 Å². The molecule has 1 aromatic heterocycles. The van der Waals surface area contributed by atoms with Crippen LogP contribution >= 0.6 is 0 Å². The summed E-state index contributed by atoms with van der Waals surface area (Å²) in [5.41, 5.74) is 5.87. The summed E-state index contributed by atoms with van der Waals surface area (Å²) in [5.74, 6) is 0.315. The summed E-state index contributed by atoms with van der Waals surface area (Å²) in [7, 11) is 1.42. The number of hydrogen-bond acceptors (Lipinski definition) is 7. The first-order valence-corrected chi connectivity index (χ1v) is 5.61. The molecule has 0 unspecified atom stereocenters. The number of methoxy groups -OCH3 is 1. The molecule has 0 bridgehead atoms. The molecule has 0 atom stereocenters. The van der Waals surface area contributed by atoms with E-state index in [0.717, 1.165) is 0 Å². The number of nitrogen functional groups attached to an aromatic ring is 1. The molecule has 0 saturated heterocycles. The van der Waals surface area contributed by atoms with Gasteiger partial charge in [-0.1, -0.05) is 12.1 Å². The highest BCUT2D eigenvalue weighted by Crippen LogP contribution is 2.33. The van der Waals surface area contributed by atoms with Crippen LogP contribution in [0.15, 0.2) is 24.3 Å². The maximum atomic E-state index is 11.1. The second-order valence-electron chi connectivity index (χ2n) is 3.89. The minimum absolute atomic E-state index is 0.0466. The molecule has 104 valence electrons. The summed E-state index contributed by atoms with van der Waals surface area (Å²) in [6, 6.07) is 6.15. The smallest absolute Gasteiger partial charge is 0.314 e. The Balaban J connectivity index is 2.42. The van der Waals surface area contributed by atoms with Crippen molar-refractivity contribution in [3.63, 3.8) is 0 Å². The van der Waals surface area contributed by atoms with Crippen molar-refractivity contribution in [3.8, 4) is 17.5 Å². The highest BCUT2D eigenvalue weighted by atomic mass is 16.6. The Hall–Kier alpha value is -2.90. The minimum atomic E-state index is -0.507. The number of nitrogens with two attached hydrogens (primary N) is 1. The van der Waals surface area contributed by atoms with Crippen LogP contribution in [0.25, 0.3) is 0 Å². The zero-order valence-electron chi connectivity index (χ0n) is 10.9. The molecule has 8 nitrogen and oxygen atoms in total. The molecule has 2 aromatic rings. The number of hydrogen-bond donors (Lipinski definition) is 1. The summed E-state index contributed by atoms with van der Waals surface area (Å²) in [5, 5.41) is 11.1. The molecule has 8 heteroatoms. The number of nitro groups is 1. The molecule has 20 heavy (non-hydrogen) atoms. The zero-order chi connectivity index (χ0) is 14.7. The lowest BCUT2D eigenvalue weighted by Gasteiger charge is -2.08. The fraction of sp³-hybridized carbons (Fsp3) is 0.167. The third-order valence-electron chi connectivity index (χ3n) is 2.50. The van der Waals surface area contributed by atoms with E-state index in [1.165, 1.54) is 19.2 Å². The van der Waals surface area contributed by atoms with Gasteiger partial charge in [0, 0.05) is 5.56 Å². The van der Waals surface area contributed by atoms with E-state index in [9.17, 15) is 10.1 Å². The van der Waals surface area contributed by atoms with Crippen LogP contribution in [0.1, 0.15) is 5.56 Å². The number of ether oxygens (including phenoxy) is 2. The largest absolute Gasteiger partial charge is 0.481 e. The van der Waals surface area contributed by atoms with Crippen LogP contribution in [0.4, 0.5) is 11.6 Å². The van der Waals surface area contributed by atoms with Gasteiger partial charge in [0.25, 0.3) is 0 Å². The summed E-state index contributed by atoms with van der Waals surface area (Å²) in [6.07, 6.45) is 0. The lowest BCUT2D eigenvalue weighted by Crippen LogP contribution is -2.01. The van der Waals surface area contributed by atoms with E-state index < -0.39 is 4.92 Å². The average Bonchev–Trinajstić information content (AvgIpc) is 2.37. The SMILES string of the molecule is COc1cc(Oc2cccc(C)c2[N+](=O)[O-])nc(N)n1. The quantitative estimate of drug-likeness (QED) is 0.671. The number of rotatable bonds is 4. The van der Waals surface area contributed by atoms with Crippen LogP contribution in [0.5, 0.6) is 17.5 Å². The predicted molar refractivity (Wildman–Crippen MR) is 70.9 cm³/mol. The van der Waals surface area contributed by atoms with Gasteiger partial charge in [-0.15, -0.1) is 0 Å². The summed E-state index contributed by atoms with van der Waals surface area (Å²) in [6.45, 7) is 1.62. The molecule has 0 aliphatic carbocycles. The lowest BCUT2D eigenvalue weighted by molar-refractivity contribution is -0.386. The van der Waals surface area contributed by atoms with Gasteiger partial charge in [-0.3, -0.25) is 10.1 Å². The number of nitro benzene ring substituents is 1. The van der Waals surface area contributed by atoms with E-state index in [0.29, 0.717) is 5.56 Å². The fourth-order valence-corrected chi connectivity index (χ4v) is 1.64. The highest BCUT2D eigenvalue weighted by molar-refractivity contribution is 5.53. The molecule has 0 spiro atoms. The van der Waals surface area contributed by atoms with Gasteiger partial charge in [0.1, 0.15) is 0 Å². The first kappa shape index (κ1) is 13.5. The Kier molecular flexibility index (Phi) is 3.65. The van der Waals surface area contributed by atoms with Gasteiger partial charge in [0.05, 0.1) is 18.1 Å². The molecule has 2 rings (SSSR count). The van der Waals surface area contributed by atoms with Gasteiger partial charge in [-0.2, -0.15) is 9.97 Å². The highest BCUT2D eigenvalue weighted by Gasteiger charge is 2.19. The van der Waals surface area contributed by atoms with Crippen molar-refractivity contribution >= 4 is 11.6 Å². The van der Waals surface area contributed by atoms with Crippen LogP contribution in [0.2, 0.25) is 0 Å².